The van der Waals surface area contributed by atoms with E-state index in [-0.39, 0.29) is 17.7 Å². The van der Waals surface area contributed by atoms with Crippen LogP contribution in [0.25, 0.3) is 17.1 Å². The third-order valence-corrected chi connectivity index (χ3v) is 3.35. The minimum Gasteiger partial charge on any atom is -0.448 e. The predicted octanol–water partition coefficient (Wildman–Crippen LogP) is 2.74. The van der Waals surface area contributed by atoms with E-state index >= 15 is 0 Å². The fourth-order valence-electron chi connectivity index (χ4n) is 1.84. The number of thiocarbonyl (C=S) groups is 1. The molecule has 2 aromatic rings. The zero-order valence-corrected chi connectivity index (χ0v) is 13.0. The summed E-state index contributed by atoms with van der Waals surface area (Å²) < 4.78 is 5.22. The van der Waals surface area contributed by atoms with Crippen LogP contribution in [0.2, 0.25) is 0 Å². The molecule has 2 rings (SSSR count). The van der Waals surface area contributed by atoms with Gasteiger partial charge in [0.1, 0.15) is 5.65 Å². The Morgan fingerprint density at radius 3 is 2.95 bits per heavy atom. The van der Waals surface area contributed by atoms with E-state index in [0.29, 0.717) is 0 Å². The highest BCUT2D eigenvalue weighted by atomic mass is 32.1. The highest BCUT2D eigenvalue weighted by molar-refractivity contribution is 7.78. The maximum Gasteiger partial charge on any atom is 0.289 e. The monoisotopic (exact) mass is 303 g/mol. The summed E-state index contributed by atoms with van der Waals surface area (Å²) in [4.78, 5) is 21.2. The molecule has 21 heavy (non-hydrogen) atoms. The van der Waals surface area contributed by atoms with Crippen LogP contribution in [0.4, 0.5) is 0 Å². The molecule has 0 aliphatic heterocycles. The van der Waals surface area contributed by atoms with Crippen LogP contribution in [0.3, 0.4) is 0 Å². The fraction of sp³-hybridized carbons (Fsp3) is 0.267. The Balaban J connectivity index is 2.42. The molecule has 0 atom stereocenters. The maximum atomic E-state index is 12.4. The zero-order chi connectivity index (χ0) is 15.4. The molecule has 0 aliphatic carbocycles. The van der Waals surface area contributed by atoms with Gasteiger partial charge in [0.2, 0.25) is 0 Å². The lowest BCUT2D eigenvalue weighted by Gasteiger charge is -2.21. The van der Waals surface area contributed by atoms with Gasteiger partial charge in [-0.3, -0.25) is 4.79 Å². The molecule has 0 unspecified atom stereocenters. The molecule has 6 heteroatoms. The lowest BCUT2D eigenvalue weighted by atomic mass is 10.2. The molecule has 2 aromatic heterocycles. The Morgan fingerprint density at radius 1 is 1.52 bits per heavy atom. The topological polar surface area (TPSA) is 58.2 Å². The van der Waals surface area contributed by atoms with Gasteiger partial charge in [-0.15, -0.1) is 0 Å². The number of hydrogen-bond donors (Lipinski definition) is 1. The van der Waals surface area contributed by atoms with Gasteiger partial charge in [0, 0.05) is 36.4 Å². The molecule has 0 saturated carbocycles. The number of H-pyrrole nitrogens is 1. The van der Waals surface area contributed by atoms with Crippen LogP contribution in [-0.2, 0) is 9.53 Å². The van der Waals surface area contributed by atoms with Gasteiger partial charge >= 0.3 is 0 Å². The molecule has 110 valence electrons. The third-order valence-electron chi connectivity index (χ3n) is 3.25. The van der Waals surface area contributed by atoms with Crippen molar-refractivity contribution in [2.45, 2.75) is 19.9 Å². The number of pyridine rings is 1. The summed E-state index contributed by atoms with van der Waals surface area (Å²) in [6.45, 7) is 3.87. The van der Waals surface area contributed by atoms with E-state index in [0.717, 1.165) is 22.2 Å². The Hall–Kier alpha value is -2.21. The fourth-order valence-corrected chi connectivity index (χ4v) is 1.95. The number of rotatable bonds is 5. The van der Waals surface area contributed by atoms with E-state index in [1.807, 2.05) is 26.0 Å². The lowest BCUT2D eigenvalue weighted by Crippen LogP contribution is -2.34. The molecule has 0 bridgehead atoms. The zero-order valence-electron chi connectivity index (χ0n) is 12.2. The Labute approximate surface area is 128 Å². The van der Waals surface area contributed by atoms with E-state index in [4.69, 9.17) is 17.0 Å². The normalized spacial score (nSPS) is 11.7. The Kier molecular flexibility index (Phi) is 4.70. The first-order valence-electron chi connectivity index (χ1n) is 6.56. The number of aromatic nitrogens is 2. The highest BCUT2D eigenvalue weighted by Gasteiger charge is 2.19. The minimum absolute atomic E-state index is 0.0688. The first kappa shape index (κ1) is 15.2. The Bertz CT molecular complexity index is 691. The number of likely N-dealkylation sites (N-methyl/N-ethyl adjacent to an activating group) is 1. The molecule has 0 radical (unpaired) electrons. The van der Waals surface area contributed by atoms with Crippen molar-refractivity contribution >= 4 is 40.8 Å². The van der Waals surface area contributed by atoms with Crippen molar-refractivity contribution in [3.63, 3.8) is 0 Å². The molecule has 2 heterocycles. The predicted molar refractivity (Wildman–Crippen MR) is 86.7 cm³/mol. The van der Waals surface area contributed by atoms with Crippen LogP contribution in [0.5, 0.6) is 0 Å². The largest absolute Gasteiger partial charge is 0.448 e. The molecule has 1 amide bonds. The van der Waals surface area contributed by atoms with E-state index < -0.39 is 0 Å². The van der Waals surface area contributed by atoms with Crippen LogP contribution in [0, 0.1) is 0 Å². The second-order valence-electron chi connectivity index (χ2n) is 4.88. The number of aromatic amines is 1. The molecular weight excluding hydrogens is 286 g/mol. The first-order valence-corrected chi connectivity index (χ1v) is 7.03. The van der Waals surface area contributed by atoms with Crippen LogP contribution in [-0.4, -0.2) is 39.4 Å². The summed E-state index contributed by atoms with van der Waals surface area (Å²) >= 11 is 4.71. The highest BCUT2D eigenvalue weighted by Crippen LogP contribution is 2.20. The quantitative estimate of drug-likeness (QED) is 0.524. The summed E-state index contributed by atoms with van der Waals surface area (Å²) in [5, 5.41) is 0.919. The number of nitrogens with one attached hydrogen (secondary N) is 1. The van der Waals surface area contributed by atoms with Gasteiger partial charge in [0.05, 0.1) is 0 Å². The standard InChI is InChI=1S/C15H17N3O2S/c1-10(2)18(3)15(19)13(20-9-21)7-11-8-17-14-12(11)5-4-6-16-14/h4-10H,1-3H3,(H,16,17)/b13-7-. The molecular formula is C15H17N3O2S. The number of amides is 1. The van der Waals surface area contributed by atoms with Crippen molar-refractivity contribution in [2.24, 2.45) is 0 Å². The van der Waals surface area contributed by atoms with Crippen molar-refractivity contribution < 1.29 is 9.53 Å². The lowest BCUT2D eigenvalue weighted by molar-refractivity contribution is -0.129. The molecule has 0 aromatic carbocycles. The first-order chi connectivity index (χ1) is 10.0. The van der Waals surface area contributed by atoms with Gasteiger partial charge in [-0.2, -0.15) is 0 Å². The van der Waals surface area contributed by atoms with E-state index in [2.05, 4.69) is 9.97 Å². The van der Waals surface area contributed by atoms with E-state index in [1.54, 1.807) is 30.4 Å². The van der Waals surface area contributed by atoms with Gasteiger partial charge in [-0.1, -0.05) is 0 Å². The van der Waals surface area contributed by atoms with Gasteiger partial charge in [0.15, 0.2) is 11.3 Å². The summed E-state index contributed by atoms with van der Waals surface area (Å²) in [6.07, 6.45) is 5.16. The summed E-state index contributed by atoms with van der Waals surface area (Å²) in [5.74, 6) is -0.0321. The number of fused-ring (bicyclic) bond motifs is 1. The molecule has 5 nitrogen and oxygen atoms in total. The number of ether oxygens (including phenoxy) is 1. The summed E-state index contributed by atoms with van der Waals surface area (Å²) in [5.41, 5.74) is 2.68. The van der Waals surface area contributed by atoms with Crippen LogP contribution < -0.4 is 0 Å². The number of carbonyl (C=O) groups is 1. The number of nitrogens with zero attached hydrogens (tertiary/aromatic N) is 2. The average molecular weight is 303 g/mol. The molecule has 1 N–H and O–H groups in total. The summed E-state index contributed by atoms with van der Waals surface area (Å²) in [7, 11) is 1.73. The third kappa shape index (κ3) is 3.28. The maximum absolute atomic E-state index is 12.4. The van der Waals surface area contributed by atoms with Gasteiger partial charge in [0.25, 0.3) is 5.91 Å². The van der Waals surface area contributed by atoms with Gasteiger partial charge < -0.3 is 14.6 Å². The van der Waals surface area contributed by atoms with E-state index in [9.17, 15) is 4.79 Å². The van der Waals surface area contributed by atoms with Crippen LogP contribution in [0.1, 0.15) is 19.4 Å². The molecule has 0 spiro atoms. The number of hydrogen-bond acceptors (Lipinski definition) is 4. The van der Waals surface area contributed by atoms with Crippen molar-refractivity contribution in [3.8, 4) is 0 Å². The van der Waals surface area contributed by atoms with Crippen LogP contribution >= 0.6 is 12.2 Å². The smallest absolute Gasteiger partial charge is 0.289 e. The van der Waals surface area contributed by atoms with Crippen LogP contribution in [0.15, 0.2) is 30.3 Å². The van der Waals surface area contributed by atoms with Gasteiger partial charge in [-0.05, 0) is 44.3 Å². The number of carbonyl (C=O) groups excluding carboxylic acids is 1. The summed E-state index contributed by atoms with van der Waals surface area (Å²) in [6, 6.07) is 3.84. The molecule has 0 fully saturated rings. The van der Waals surface area contributed by atoms with Crippen molar-refractivity contribution in [2.75, 3.05) is 7.05 Å². The second kappa shape index (κ2) is 6.49. The van der Waals surface area contributed by atoms with Crippen molar-refractivity contribution in [3.05, 3.63) is 35.8 Å². The molecule has 0 saturated heterocycles. The van der Waals surface area contributed by atoms with E-state index in [1.165, 1.54) is 0 Å². The van der Waals surface area contributed by atoms with Gasteiger partial charge in [-0.25, -0.2) is 4.98 Å². The van der Waals surface area contributed by atoms with Crippen molar-refractivity contribution in [1.29, 1.82) is 0 Å². The Morgan fingerprint density at radius 2 is 2.29 bits per heavy atom. The SMILES string of the molecule is CC(C)N(C)C(=O)/C(=C/c1c[nH]c2ncccc12)OC=S. The van der Waals surface area contributed by atoms with Crippen molar-refractivity contribution in [1.82, 2.24) is 14.9 Å². The minimum atomic E-state index is -0.218. The molecule has 0 aliphatic rings. The average Bonchev–Trinajstić information content (AvgIpc) is 2.88. The second-order valence-corrected chi connectivity index (χ2v) is 5.07.